The average Bonchev–Trinajstić information content (AvgIpc) is 2.34. The van der Waals surface area contributed by atoms with Crippen LogP contribution in [0.4, 0.5) is 10.5 Å². The minimum Gasteiger partial charge on any atom is -0.465 e. The van der Waals surface area contributed by atoms with Gasteiger partial charge >= 0.3 is 6.09 Å². The van der Waals surface area contributed by atoms with E-state index in [2.05, 4.69) is 10.3 Å². The highest BCUT2D eigenvalue weighted by Crippen LogP contribution is 2.36. The number of rotatable bonds is 3. The quantitative estimate of drug-likeness (QED) is 0.655. The van der Waals surface area contributed by atoms with Crippen LogP contribution in [0.25, 0.3) is 0 Å². The summed E-state index contributed by atoms with van der Waals surface area (Å²) in [6.45, 7) is 3.96. The third kappa shape index (κ3) is 5.07. The second-order valence-corrected chi connectivity index (χ2v) is 4.66. The number of hydrogen-bond acceptors (Lipinski definition) is 4. The number of halogens is 3. The number of nitrogens with one attached hydrogen (secondary N) is 1. The van der Waals surface area contributed by atoms with Crippen molar-refractivity contribution in [3.05, 3.63) is 27.2 Å². The van der Waals surface area contributed by atoms with Crippen molar-refractivity contribution in [3.63, 3.8) is 0 Å². The molecule has 1 aromatic rings. The number of carbonyl (C=O) groups is 1. The van der Waals surface area contributed by atoms with E-state index in [9.17, 15) is 4.79 Å². The van der Waals surface area contributed by atoms with Crippen LogP contribution in [-0.4, -0.2) is 25.3 Å². The Morgan fingerprint density at radius 3 is 2.20 bits per heavy atom. The molecule has 110 valence electrons. The predicted molar refractivity (Wildman–Crippen MR) is 80.4 cm³/mol. The van der Waals surface area contributed by atoms with E-state index in [0.717, 1.165) is 0 Å². The van der Waals surface area contributed by atoms with Crippen LogP contribution in [0.3, 0.4) is 0 Å². The van der Waals surface area contributed by atoms with Gasteiger partial charge in [-0.15, -0.1) is 0 Å². The standard InChI is InChI=1S/C12H13Cl3N2O3/c1-3-19-11(17-12(18)20-4-2)16-10-8(14)5-7(13)6-9(10)15/h5-6H,3-4H2,1-2H3,(H,16,17,18). The van der Waals surface area contributed by atoms with Crippen molar-refractivity contribution in [2.24, 2.45) is 4.99 Å². The van der Waals surface area contributed by atoms with Gasteiger partial charge in [0.05, 0.1) is 23.3 Å². The zero-order valence-electron chi connectivity index (χ0n) is 10.9. The summed E-state index contributed by atoms with van der Waals surface area (Å²) in [7, 11) is 0. The molecule has 1 aromatic carbocycles. The molecule has 0 bridgehead atoms. The molecule has 0 spiro atoms. The normalized spacial score (nSPS) is 11.2. The number of ether oxygens (including phenoxy) is 2. The zero-order chi connectivity index (χ0) is 15.1. The highest BCUT2D eigenvalue weighted by molar-refractivity contribution is 6.41. The van der Waals surface area contributed by atoms with Gasteiger partial charge in [-0.05, 0) is 26.0 Å². The summed E-state index contributed by atoms with van der Waals surface area (Å²) in [4.78, 5) is 15.4. The molecule has 1 amide bonds. The lowest BCUT2D eigenvalue weighted by Crippen LogP contribution is -2.32. The molecule has 5 nitrogen and oxygen atoms in total. The van der Waals surface area contributed by atoms with Gasteiger partial charge in [-0.3, -0.25) is 0 Å². The fraction of sp³-hybridized carbons (Fsp3) is 0.333. The van der Waals surface area contributed by atoms with E-state index in [4.69, 9.17) is 44.3 Å². The molecular formula is C12H13Cl3N2O3. The Morgan fingerprint density at radius 2 is 1.70 bits per heavy atom. The summed E-state index contributed by atoms with van der Waals surface area (Å²) in [5.41, 5.74) is 0.248. The fourth-order valence-corrected chi connectivity index (χ4v) is 2.13. The van der Waals surface area contributed by atoms with Gasteiger partial charge in [-0.25, -0.2) is 10.1 Å². The molecule has 0 aromatic heterocycles. The largest absolute Gasteiger partial charge is 0.465 e. The van der Waals surface area contributed by atoms with Gasteiger partial charge in [0.2, 0.25) is 0 Å². The summed E-state index contributed by atoms with van der Waals surface area (Å²) < 4.78 is 9.93. The first-order valence-corrected chi connectivity index (χ1v) is 6.91. The first-order valence-electron chi connectivity index (χ1n) is 5.77. The molecule has 0 radical (unpaired) electrons. The van der Waals surface area contributed by atoms with Gasteiger partial charge in [0.1, 0.15) is 5.69 Å². The van der Waals surface area contributed by atoms with Crippen LogP contribution in [-0.2, 0) is 9.47 Å². The van der Waals surface area contributed by atoms with Crippen molar-refractivity contribution in [1.82, 2.24) is 5.32 Å². The highest BCUT2D eigenvalue weighted by Gasteiger charge is 2.12. The number of amides is 1. The van der Waals surface area contributed by atoms with Gasteiger partial charge in [-0.1, -0.05) is 34.8 Å². The number of hydrogen-bond donors (Lipinski definition) is 1. The molecule has 20 heavy (non-hydrogen) atoms. The van der Waals surface area contributed by atoms with E-state index in [1.807, 2.05) is 0 Å². The number of aliphatic imine (C=N–C) groups is 1. The van der Waals surface area contributed by atoms with Crippen molar-refractivity contribution < 1.29 is 14.3 Å². The van der Waals surface area contributed by atoms with Crippen molar-refractivity contribution in [2.45, 2.75) is 13.8 Å². The van der Waals surface area contributed by atoms with E-state index in [1.165, 1.54) is 12.1 Å². The Morgan fingerprint density at radius 1 is 1.15 bits per heavy atom. The first kappa shape index (κ1) is 16.9. The molecule has 0 saturated heterocycles. The zero-order valence-corrected chi connectivity index (χ0v) is 13.1. The summed E-state index contributed by atoms with van der Waals surface area (Å²) in [6, 6.07) is 2.92. The molecule has 0 atom stereocenters. The van der Waals surface area contributed by atoms with Gasteiger partial charge in [0.25, 0.3) is 6.02 Å². The number of benzene rings is 1. The Hall–Kier alpha value is -1.17. The molecule has 0 aliphatic heterocycles. The van der Waals surface area contributed by atoms with Crippen molar-refractivity contribution in [3.8, 4) is 0 Å². The minimum absolute atomic E-state index is 0.0583. The third-order valence-corrected chi connectivity index (χ3v) is 2.75. The van der Waals surface area contributed by atoms with Crippen LogP contribution in [0.15, 0.2) is 17.1 Å². The van der Waals surface area contributed by atoms with Crippen LogP contribution in [0.2, 0.25) is 15.1 Å². The molecular weight excluding hydrogens is 327 g/mol. The summed E-state index contributed by atoms with van der Waals surface area (Å²) in [5.74, 6) is 0. The summed E-state index contributed by atoms with van der Waals surface area (Å²) in [5, 5.41) is 3.22. The molecule has 0 aliphatic carbocycles. The lowest BCUT2D eigenvalue weighted by molar-refractivity contribution is 0.154. The lowest BCUT2D eigenvalue weighted by atomic mass is 10.3. The second-order valence-electron chi connectivity index (χ2n) is 3.41. The molecule has 1 rings (SSSR count). The highest BCUT2D eigenvalue weighted by atomic mass is 35.5. The van der Waals surface area contributed by atoms with E-state index in [0.29, 0.717) is 11.6 Å². The molecule has 0 unspecified atom stereocenters. The van der Waals surface area contributed by atoms with Crippen LogP contribution in [0.1, 0.15) is 13.8 Å². The van der Waals surface area contributed by atoms with E-state index in [-0.39, 0.29) is 28.4 Å². The lowest BCUT2D eigenvalue weighted by Gasteiger charge is -2.10. The van der Waals surface area contributed by atoms with Crippen molar-refractivity contribution in [1.29, 1.82) is 0 Å². The Balaban J connectivity index is 3.04. The maximum Gasteiger partial charge on any atom is 0.415 e. The number of amidine groups is 1. The second kappa shape index (κ2) is 8.19. The smallest absolute Gasteiger partial charge is 0.415 e. The predicted octanol–water partition coefficient (Wildman–Crippen LogP) is 4.42. The van der Waals surface area contributed by atoms with Crippen LogP contribution >= 0.6 is 34.8 Å². The van der Waals surface area contributed by atoms with E-state index < -0.39 is 6.09 Å². The van der Waals surface area contributed by atoms with E-state index in [1.54, 1.807) is 13.8 Å². The van der Waals surface area contributed by atoms with Crippen molar-refractivity contribution in [2.75, 3.05) is 13.2 Å². The molecule has 0 fully saturated rings. The van der Waals surface area contributed by atoms with Gasteiger partial charge < -0.3 is 9.47 Å². The van der Waals surface area contributed by atoms with Crippen LogP contribution in [0.5, 0.6) is 0 Å². The number of nitrogens with zero attached hydrogens (tertiary/aromatic N) is 1. The SMILES string of the molecule is CCOC(=O)NC(=Nc1c(Cl)cc(Cl)cc1Cl)OCC. The Labute approximate surface area is 131 Å². The first-order chi connectivity index (χ1) is 9.47. The molecule has 1 N–H and O–H groups in total. The maximum absolute atomic E-state index is 11.4. The summed E-state index contributed by atoms with van der Waals surface area (Å²) in [6.07, 6.45) is -0.680. The molecule has 0 aliphatic rings. The molecule has 0 saturated carbocycles. The Bertz CT molecular complexity index is 498. The van der Waals surface area contributed by atoms with Gasteiger partial charge in [0, 0.05) is 5.02 Å². The number of carbonyl (C=O) groups excluding carboxylic acids is 1. The van der Waals surface area contributed by atoms with Crippen molar-refractivity contribution >= 4 is 52.6 Å². The summed E-state index contributed by atoms with van der Waals surface area (Å²) >= 11 is 17.8. The fourth-order valence-electron chi connectivity index (χ4n) is 1.23. The monoisotopic (exact) mass is 338 g/mol. The molecule has 8 heteroatoms. The van der Waals surface area contributed by atoms with Crippen LogP contribution in [0, 0.1) is 0 Å². The van der Waals surface area contributed by atoms with Gasteiger partial charge in [0.15, 0.2) is 0 Å². The maximum atomic E-state index is 11.4. The minimum atomic E-state index is -0.680. The van der Waals surface area contributed by atoms with E-state index >= 15 is 0 Å². The molecule has 0 heterocycles. The van der Waals surface area contributed by atoms with Gasteiger partial charge in [-0.2, -0.15) is 4.99 Å². The van der Waals surface area contributed by atoms with Crippen LogP contribution < -0.4 is 5.32 Å². The Kier molecular flexibility index (Phi) is 6.91. The average molecular weight is 340 g/mol. The third-order valence-electron chi connectivity index (χ3n) is 1.96. The topological polar surface area (TPSA) is 59.9 Å². The number of alkyl carbamates (subject to hydrolysis) is 1.